The van der Waals surface area contributed by atoms with Crippen LogP contribution >= 0.6 is 0 Å². The van der Waals surface area contributed by atoms with Gasteiger partial charge < -0.3 is 0 Å². The Morgan fingerprint density at radius 3 is 1.80 bits per heavy atom. The lowest BCUT2D eigenvalue weighted by atomic mass is 9.93. The van der Waals surface area contributed by atoms with Crippen LogP contribution < -0.4 is 0 Å². The zero-order chi connectivity index (χ0) is 12.3. The molecule has 92 valence electrons. The standard InChI is InChI=1S/C10H22O4S/c1-9(2,3)7-8-13-15(11,12)14-10(4,5)6/h7-8H2,1-6H3. The van der Waals surface area contributed by atoms with Gasteiger partial charge >= 0.3 is 10.4 Å². The maximum absolute atomic E-state index is 11.3. The second-order valence-corrected chi connectivity index (χ2v) is 6.96. The first-order valence-corrected chi connectivity index (χ1v) is 6.35. The van der Waals surface area contributed by atoms with Crippen LogP contribution in [0.5, 0.6) is 0 Å². The van der Waals surface area contributed by atoms with E-state index in [0.29, 0.717) is 6.42 Å². The van der Waals surface area contributed by atoms with Crippen LogP contribution in [0.3, 0.4) is 0 Å². The van der Waals surface area contributed by atoms with Crippen LogP contribution in [0.1, 0.15) is 48.0 Å². The lowest BCUT2D eigenvalue weighted by molar-refractivity contribution is 0.0990. The van der Waals surface area contributed by atoms with Crippen molar-refractivity contribution in [1.82, 2.24) is 0 Å². The molecule has 15 heavy (non-hydrogen) atoms. The number of rotatable bonds is 4. The Morgan fingerprint density at radius 2 is 1.47 bits per heavy atom. The largest absolute Gasteiger partial charge is 0.400 e. The van der Waals surface area contributed by atoms with Gasteiger partial charge in [-0.15, -0.1) is 0 Å². The lowest BCUT2D eigenvalue weighted by Gasteiger charge is -2.20. The quantitative estimate of drug-likeness (QED) is 0.755. The van der Waals surface area contributed by atoms with Gasteiger partial charge in [0.15, 0.2) is 0 Å². The second kappa shape index (κ2) is 4.80. The van der Waals surface area contributed by atoms with Crippen molar-refractivity contribution in [1.29, 1.82) is 0 Å². The third-order valence-electron chi connectivity index (χ3n) is 1.43. The highest BCUT2D eigenvalue weighted by atomic mass is 32.3. The van der Waals surface area contributed by atoms with Gasteiger partial charge in [-0.1, -0.05) is 20.8 Å². The Bertz CT molecular complexity index is 280. The third kappa shape index (κ3) is 10.2. The van der Waals surface area contributed by atoms with Crippen molar-refractivity contribution in [3.8, 4) is 0 Å². The molecule has 0 fully saturated rings. The number of hydrogen-bond acceptors (Lipinski definition) is 4. The molecule has 0 saturated heterocycles. The molecule has 0 rings (SSSR count). The maximum atomic E-state index is 11.3. The third-order valence-corrected chi connectivity index (χ3v) is 2.59. The average Bonchev–Trinajstić information content (AvgIpc) is 1.75. The molecule has 0 aliphatic rings. The van der Waals surface area contributed by atoms with Crippen LogP contribution in [-0.2, 0) is 18.8 Å². The molecule has 0 aromatic rings. The van der Waals surface area contributed by atoms with Gasteiger partial charge in [-0.2, -0.15) is 8.42 Å². The molecule has 0 atom stereocenters. The van der Waals surface area contributed by atoms with Crippen LogP contribution in [0.25, 0.3) is 0 Å². The SMILES string of the molecule is CC(C)(C)CCOS(=O)(=O)OC(C)(C)C. The fourth-order valence-corrected chi connectivity index (χ4v) is 1.73. The Kier molecular flexibility index (Phi) is 4.76. The molecular weight excluding hydrogens is 216 g/mol. The van der Waals surface area contributed by atoms with E-state index in [1.807, 2.05) is 20.8 Å². The summed E-state index contributed by atoms with van der Waals surface area (Å²) in [6.45, 7) is 11.2. The summed E-state index contributed by atoms with van der Waals surface area (Å²) in [6, 6.07) is 0. The minimum atomic E-state index is -3.86. The van der Waals surface area contributed by atoms with Crippen molar-refractivity contribution in [2.45, 2.75) is 53.6 Å². The van der Waals surface area contributed by atoms with Gasteiger partial charge in [0.2, 0.25) is 0 Å². The summed E-state index contributed by atoms with van der Waals surface area (Å²) in [7, 11) is -3.86. The van der Waals surface area contributed by atoms with E-state index in [-0.39, 0.29) is 12.0 Å². The van der Waals surface area contributed by atoms with Gasteiger partial charge in [-0.25, -0.2) is 8.37 Å². The van der Waals surface area contributed by atoms with E-state index in [1.165, 1.54) is 0 Å². The predicted octanol–water partition coefficient (Wildman–Crippen LogP) is 2.50. The molecule has 0 bridgehead atoms. The monoisotopic (exact) mass is 238 g/mol. The minimum absolute atomic E-state index is 0.0528. The van der Waals surface area contributed by atoms with Crippen LogP contribution in [0.2, 0.25) is 0 Å². The molecular formula is C10H22O4S. The number of hydrogen-bond donors (Lipinski definition) is 0. The molecule has 0 N–H and O–H groups in total. The molecule has 0 saturated carbocycles. The lowest BCUT2D eigenvalue weighted by Crippen LogP contribution is -2.26. The normalized spacial score (nSPS) is 14.3. The Morgan fingerprint density at radius 1 is 1.00 bits per heavy atom. The van der Waals surface area contributed by atoms with E-state index >= 15 is 0 Å². The summed E-state index contributed by atoms with van der Waals surface area (Å²) in [5.41, 5.74) is -0.697. The summed E-state index contributed by atoms with van der Waals surface area (Å²) in [5.74, 6) is 0. The van der Waals surface area contributed by atoms with E-state index in [2.05, 4.69) is 0 Å². The van der Waals surface area contributed by atoms with Crippen molar-refractivity contribution < 1.29 is 16.8 Å². The van der Waals surface area contributed by atoms with Gasteiger partial charge in [0.1, 0.15) is 0 Å². The highest BCUT2D eigenvalue weighted by Gasteiger charge is 2.23. The summed E-state index contributed by atoms with van der Waals surface area (Å²) in [4.78, 5) is 0. The summed E-state index contributed by atoms with van der Waals surface area (Å²) in [6.07, 6.45) is 0.666. The fraction of sp³-hybridized carbons (Fsp3) is 1.00. The molecule has 5 heteroatoms. The highest BCUT2D eigenvalue weighted by Crippen LogP contribution is 2.19. The van der Waals surface area contributed by atoms with E-state index in [1.54, 1.807) is 20.8 Å². The van der Waals surface area contributed by atoms with Crippen LogP contribution in [0, 0.1) is 5.41 Å². The van der Waals surface area contributed by atoms with Crippen molar-refractivity contribution in [2.24, 2.45) is 5.41 Å². The zero-order valence-electron chi connectivity index (χ0n) is 10.5. The van der Waals surface area contributed by atoms with Gasteiger partial charge in [0.25, 0.3) is 0 Å². The van der Waals surface area contributed by atoms with Crippen molar-refractivity contribution in [3.05, 3.63) is 0 Å². The van der Waals surface area contributed by atoms with Gasteiger partial charge in [0, 0.05) is 0 Å². The zero-order valence-corrected chi connectivity index (χ0v) is 11.3. The Labute approximate surface area is 93.3 Å². The molecule has 0 amide bonds. The summed E-state index contributed by atoms with van der Waals surface area (Å²) < 4.78 is 32.1. The van der Waals surface area contributed by atoms with Crippen LogP contribution in [0.4, 0.5) is 0 Å². The first-order valence-electron chi connectivity index (χ1n) is 5.01. The summed E-state index contributed by atoms with van der Waals surface area (Å²) >= 11 is 0. The van der Waals surface area contributed by atoms with Crippen LogP contribution in [-0.4, -0.2) is 20.6 Å². The van der Waals surface area contributed by atoms with Crippen molar-refractivity contribution in [3.63, 3.8) is 0 Å². The van der Waals surface area contributed by atoms with E-state index in [4.69, 9.17) is 8.37 Å². The van der Waals surface area contributed by atoms with Gasteiger partial charge in [0.05, 0.1) is 12.2 Å². The van der Waals surface area contributed by atoms with E-state index < -0.39 is 16.0 Å². The molecule has 0 aliphatic heterocycles. The Hall–Kier alpha value is -0.130. The minimum Gasteiger partial charge on any atom is -0.248 e. The molecule has 0 radical (unpaired) electrons. The van der Waals surface area contributed by atoms with Gasteiger partial charge in [-0.05, 0) is 32.6 Å². The molecule has 0 heterocycles. The smallest absolute Gasteiger partial charge is 0.248 e. The molecule has 4 nitrogen and oxygen atoms in total. The van der Waals surface area contributed by atoms with Gasteiger partial charge in [-0.3, -0.25) is 0 Å². The Balaban J connectivity index is 4.08. The average molecular weight is 238 g/mol. The first-order chi connectivity index (χ1) is 6.41. The van der Waals surface area contributed by atoms with E-state index in [9.17, 15) is 8.42 Å². The molecule has 0 aromatic carbocycles. The molecule has 0 spiro atoms. The van der Waals surface area contributed by atoms with Crippen molar-refractivity contribution >= 4 is 10.4 Å². The van der Waals surface area contributed by atoms with Crippen LogP contribution in [0.15, 0.2) is 0 Å². The highest BCUT2D eigenvalue weighted by molar-refractivity contribution is 7.81. The second-order valence-electron chi connectivity index (χ2n) is 5.74. The predicted molar refractivity (Wildman–Crippen MR) is 59.8 cm³/mol. The fourth-order valence-electron chi connectivity index (χ4n) is 0.780. The summed E-state index contributed by atoms with van der Waals surface area (Å²) in [5, 5.41) is 0. The van der Waals surface area contributed by atoms with E-state index in [0.717, 1.165) is 0 Å². The topological polar surface area (TPSA) is 52.6 Å². The molecule has 0 unspecified atom stereocenters. The molecule has 0 aromatic heterocycles. The molecule has 0 aliphatic carbocycles. The maximum Gasteiger partial charge on any atom is 0.400 e. The first kappa shape index (κ1) is 14.9. The van der Waals surface area contributed by atoms with Crippen molar-refractivity contribution in [2.75, 3.05) is 6.61 Å².